The molecule has 0 aliphatic rings. The minimum absolute atomic E-state index is 0.325. The minimum atomic E-state index is -1.38. The second-order valence-corrected chi connectivity index (χ2v) is 3.23. The fourth-order valence-corrected chi connectivity index (χ4v) is 1.05. The van der Waals surface area contributed by atoms with Crippen molar-refractivity contribution in [2.24, 2.45) is 5.41 Å². The average molecular weight is 188 g/mol. The number of hydrogen-bond donors (Lipinski definition) is 1. The molecule has 4 nitrogen and oxygen atoms in total. The van der Waals surface area contributed by atoms with E-state index in [0.717, 1.165) is 6.42 Å². The number of methoxy groups -OCH3 is 1. The summed E-state index contributed by atoms with van der Waals surface area (Å²) in [4.78, 5) is 22.0. The largest absolute Gasteiger partial charge is 0.480 e. The Kier molecular flexibility index (Phi) is 4.45. The first-order valence-electron chi connectivity index (χ1n) is 4.30. The third kappa shape index (κ3) is 2.72. The zero-order valence-electron chi connectivity index (χ0n) is 8.29. The number of ether oxygens (including phenoxy) is 1. The molecule has 0 fully saturated rings. The number of carboxylic acids is 1. The Balaban J connectivity index is 4.52. The van der Waals surface area contributed by atoms with Crippen LogP contribution in [0.25, 0.3) is 0 Å². The van der Waals surface area contributed by atoms with Crippen LogP contribution in [0.3, 0.4) is 0 Å². The highest BCUT2D eigenvalue weighted by molar-refractivity contribution is 5.98. The van der Waals surface area contributed by atoms with E-state index in [1.54, 1.807) is 0 Å². The second kappa shape index (κ2) is 4.84. The second-order valence-electron chi connectivity index (χ2n) is 3.23. The lowest BCUT2D eigenvalue weighted by molar-refractivity contribution is -0.166. The number of esters is 1. The van der Waals surface area contributed by atoms with Crippen LogP contribution in [-0.2, 0) is 14.3 Å². The Morgan fingerprint density at radius 1 is 1.46 bits per heavy atom. The molecule has 0 aliphatic heterocycles. The van der Waals surface area contributed by atoms with Crippen molar-refractivity contribution >= 4 is 11.9 Å². The smallest absolute Gasteiger partial charge is 0.322 e. The Morgan fingerprint density at radius 3 is 2.31 bits per heavy atom. The van der Waals surface area contributed by atoms with E-state index in [-0.39, 0.29) is 0 Å². The molecule has 0 saturated carbocycles. The van der Waals surface area contributed by atoms with E-state index in [9.17, 15) is 9.59 Å². The van der Waals surface area contributed by atoms with Crippen LogP contribution >= 0.6 is 0 Å². The van der Waals surface area contributed by atoms with Crippen LogP contribution in [0.1, 0.15) is 33.1 Å². The number of hydrogen-bond acceptors (Lipinski definition) is 3. The standard InChI is InChI=1S/C9H16O4/c1-4-5-6-9(2,7(10)11)8(12)13-3/h4-6H2,1-3H3,(H,10,11)/t9-/m1/s1. The fourth-order valence-electron chi connectivity index (χ4n) is 1.05. The van der Waals surface area contributed by atoms with E-state index < -0.39 is 17.4 Å². The highest BCUT2D eigenvalue weighted by Gasteiger charge is 2.41. The monoisotopic (exact) mass is 188 g/mol. The Bertz CT molecular complexity index is 200. The van der Waals surface area contributed by atoms with Gasteiger partial charge in [0.15, 0.2) is 5.41 Å². The number of carbonyl (C=O) groups is 2. The van der Waals surface area contributed by atoms with Crippen LogP contribution in [-0.4, -0.2) is 24.2 Å². The first-order chi connectivity index (χ1) is 5.99. The van der Waals surface area contributed by atoms with Gasteiger partial charge >= 0.3 is 11.9 Å². The molecular formula is C9H16O4. The quantitative estimate of drug-likeness (QED) is 0.523. The van der Waals surface area contributed by atoms with Gasteiger partial charge in [-0.25, -0.2) is 0 Å². The van der Waals surface area contributed by atoms with Crippen molar-refractivity contribution < 1.29 is 19.4 Å². The summed E-state index contributed by atoms with van der Waals surface area (Å²) in [6.07, 6.45) is 1.89. The van der Waals surface area contributed by atoms with Crippen molar-refractivity contribution in [3.63, 3.8) is 0 Å². The van der Waals surface area contributed by atoms with Gasteiger partial charge in [0.1, 0.15) is 0 Å². The molecule has 0 aliphatic carbocycles. The van der Waals surface area contributed by atoms with Crippen molar-refractivity contribution in [2.45, 2.75) is 33.1 Å². The van der Waals surface area contributed by atoms with E-state index in [1.165, 1.54) is 14.0 Å². The molecular weight excluding hydrogens is 172 g/mol. The molecule has 0 bridgehead atoms. The van der Waals surface area contributed by atoms with Crippen molar-refractivity contribution in [1.82, 2.24) is 0 Å². The topological polar surface area (TPSA) is 63.6 Å². The van der Waals surface area contributed by atoms with Crippen LogP contribution in [0.4, 0.5) is 0 Å². The maximum absolute atomic E-state index is 11.2. The fraction of sp³-hybridized carbons (Fsp3) is 0.778. The minimum Gasteiger partial charge on any atom is -0.480 e. The van der Waals surface area contributed by atoms with Gasteiger partial charge in [0.25, 0.3) is 0 Å². The van der Waals surface area contributed by atoms with Gasteiger partial charge in [0.05, 0.1) is 7.11 Å². The predicted octanol–water partition coefficient (Wildman–Crippen LogP) is 1.44. The van der Waals surface area contributed by atoms with Gasteiger partial charge in [-0.05, 0) is 13.3 Å². The number of carbonyl (C=O) groups excluding carboxylic acids is 1. The zero-order chi connectivity index (χ0) is 10.5. The summed E-state index contributed by atoms with van der Waals surface area (Å²) >= 11 is 0. The SMILES string of the molecule is CCCC[C@](C)(C(=O)O)C(=O)OC. The van der Waals surface area contributed by atoms with Crippen molar-refractivity contribution in [1.29, 1.82) is 0 Å². The molecule has 0 spiro atoms. The summed E-state index contributed by atoms with van der Waals surface area (Å²) in [6.45, 7) is 3.34. The molecule has 1 atom stereocenters. The lowest BCUT2D eigenvalue weighted by Crippen LogP contribution is -2.37. The maximum Gasteiger partial charge on any atom is 0.322 e. The molecule has 4 heteroatoms. The van der Waals surface area contributed by atoms with Crippen LogP contribution in [0.5, 0.6) is 0 Å². The normalized spacial score (nSPS) is 14.7. The first-order valence-corrected chi connectivity index (χ1v) is 4.30. The van der Waals surface area contributed by atoms with Crippen LogP contribution < -0.4 is 0 Å². The van der Waals surface area contributed by atoms with E-state index in [2.05, 4.69) is 4.74 Å². The van der Waals surface area contributed by atoms with Gasteiger partial charge in [0.2, 0.25) is 0 Å². The molecule has 0 aromatic rings. The molecule has 13 heavy (non-hydrogen) atoms. The number of unbranched alkanes of at least 4 members (excludes halogenated alkanes) is 1. The van der Waals surface area contributed by atoms with E-state index in [1.807, 2.05) is 6.92 Å². The molecule has 0 rings (SSSR count). The summed E-state index contributed by atoms with van der Waals surface area (Å²) < 4.78 is 4.45. The van der Waals surface area contributed by atoms with Gasteiger partial charge < -0.3 is 9.84 Å². The van der Waals surface area contributed by atoms with Gasteiger partial charge in [0, 0.05) is 0 Å². The molecule has 0 aromatic heterocycles. The summed E-state index contributed by atoms with van der Waals surface area (Å²) in [5.41, 5.74) is -1.38. The van der Waals surface area contributed by atoms with Crippen molar-refractivity contribution in [2.75, 3.05) is 7.11 Å². The van der Waals surface area contributed by atoms with E-state index in [0.29, 0.717) is 12.8 Å². The van der Waals surface area contributed by atoms with Crippen molar-refractivity contribution in [3.8, 4) is 0 Å². The Morgan fingerprint density at radius 2 is 2.00 bits per heavy atom. The van der Waals surface area contributed by atoms with E-state index >= 15 is 0 Å². The summed E-state index contributed by atoms with van der Waals surface area (Å²) in [5, 5.41) is 8.86. The third-order valence-corrected chi connectivity index (χ3v) is 2.14. The predicted molar refractivity (Wildman–Crippen MR) is 47.3 cm³/mol. The van der Waals surface area contributed by atoms with Crippen LogP contribution in [0.15, 0.2) is 0 Å². The Labute approximate surface area is 77.9 Å². The molecule has 0 radical (unpaired) electrons. The van der Waals surface area contributed by atoms with E-state index in [4.69, 9.17) is 5.11 Å². The summed E-state index contributed by atoms with van der Waals surface area (Å²) in [7, 11) is 1.20. The van der Waals surface area contributed by atoms with Crippen LogP contribution in [0, 0.1) is 5.41 Å². The van der Waals surface area contributed by atoms with Crippen molar-refractivity contribution in [3.05, 3.63) is 0 Å². The molecule has 0 unspecified atom stereocenters. The number of carboxylic acid groups (broad SMARTS) is 1. The number of aliphatic carboxylic acids is 1. The first kappa shape index (κ1) is 11.9. The maximum atomic E-state index is 11.2. The van der Waals surface area contributed by atoms with Gasteiger partial charge in [-0.15, -0.1) is 0 Å². The van der Waals surface area contributed by atoms with Gasteiger partial charge in [-0.2, -0.15) is 0 Å². The molecule has 0 aromatic carbocycles. The highest BCUT2D eigenvalue weighted by Crippen LogP contribution is 2.25. The van der Waals surface area contributed by atoms with Gasteiger partial charge in [-0.1, -0.05) is 19.8 Å². The summed E-state index contributed by atoms with van der Waals surface area (Å²) in [6, 6.07) is 0. The zero-order valence-corrected chi connectivity index (χ0v) is 8.29. The molecule has 0 saturated heterocycles. The highest BCUT2D eigenvalue weighted by atomic mass is 16.5. The van der Waals surface area contributed by atoms with Crippen LogP contribution in [0.2, 0.25) is 0 Å². The lowest BCUT2D eigenvalue weighted by atomic mass is 9.85. The van der Waals surface area contributed by atoms with Gasteiger partial charge in [-0.3, -0.25) is 9.59 Å². The molecule has 0 heterocycles. The number of rotatable bonds is 5. The third-order valence-electron chi connectivity index (χ3n) is 2.14. The molecule has 1 N–H and O–H groups in total. The Hall–Kier alpha value is -1.06. The average Bonchev–Trinajstić information content (AvgIpc) is 2.12. The molecule has 76 valence electrons. The lowest BCUT2D eigenvalue weighted by Gasteiger charge is -2.20. The summed E-state index contributed by atoms with van der Waals surface area (Å²) in [5.74, 6) is -1.79. The molecule has 0 amide bonds.